The van der Waals surface area contributed by atoms with Gasteiger partial charge in [-0.2, -0.15) is 5.26 Å². The Hall–Kier alpha value is -3.01. The lowest BCUT2D eigenvalue weighted by atomic mass is 9.76. The van der Waals surface area contributed by atoms with E-state index in [0.29, 0.717) is 19.4 Å². The average molecular weight is 560 g/mol. The molecule has 1 aromatic carbocycles. The number of carbonyl (C=O) groups is 2. The minimum absolute atomic E-state index is 0.141. The van der Waals surface area contributed by atoms with Crippen LogP contribution >= 0.6 is 0 Å². The van der Waals surface area contributed by atoms with Crippen molar-refractivity contribution in [2.75, 3.05) is 26.2 Å². The average Bonchev–Trinajstić information content (AvgIpc) is 3.12. The van der Waals surface area contributed by atoms with E-state index in [2.05, 4.69) is 5.32 Å². The molecule has 2 aliphatic rings. The summed E-state index contributed by atoms with van der Waals surface area (Å²) in [5, 5.41) is 31.9. The molecule has 1 aromatic rings. The van der Waals surface area contributed by atoms with Gasteiger partial charge in [-0.3, -0.25) is 9.69 Å². The number of alkyl halides is 2. The molecule has 0 radical (unpaired) electrons. The lowest BCUT2D eigenvalue weighted by molar-refractivity contribution is -0.129. The molecule has 2 fully saturated rings. The van der Waals surface area contributed by atoms with Crippen LogP contribution < -0.4 is 5.32 Å². The monoisotopic (exact) mass is 560 g/mol. The van der Waals surface area contributed by atoms with E-state index in [1.807, 2.05) is 37.3 Å². The van der Waals surface area contributed by atoms with E-state index in [0.717, 1.165) is 24.0 Å². The number of hydrogen-bond acceptors (Lipinski definition) is 7. The van der Waals surface area contributed by atoms with E-state index < -0.39 is 49.1 Å². The van der Waals surface area contributed by atoms with Gasteiger partial charge in [0.2, 0.25) is 0 Å². The Balaban J connectivity index is 1.66. The topological polar surface area (TPSA) is 126 Å². The molecule has 2 heterocycles. The highest BCUT2D eigenvalue weighted by molar-refractivity contribution is 6.43. The van der Waals surface area contributed by atoms with Gasteiger partial charge >= 0.3 is 13.2 Å². The number of carbonyl (C=O) groups excluding carboxylic acids is 2. The van der Waals surface area contributed by atoms with Crippen molar-refractivity contribution in [1.29, 1.82) is 5.26 Å². The van der Waals surface area contributed by atoms with Gasteiger partial charge in [0.05, 0.1) is 18.5 Å². The highest BCUT2D eigenvalue weighted by Gasteiger charge is 2.43. The summed E-state index contributed by atoms with van der Waals surface area (Å²) in [6.07, 6.45) is 3.42. The van der Waals surface area contributed by atoms with Gasteiger partial charge in [-0.15, -0.1) is 0 Å². The van der Waals surface area contributed by atoms with Crippen molar-refractivity contribution in [2.24, 2.45) is 0 Å². The molecule has 3 rings (SSSR count). The Morgan fingerprint density at radius 3 is 2.55 bits per heavy atom. The molecule has 9 nitrogen and oxygen atoms in total. The van der Waals surface area contributed by atoms with Crippen LogP contribution in [0.25, 0.3) is 0 Å². The Labute approximate surface area is 234 Å². The number of nitrogens with zero attached hydrogens (tertiary/aromatic N) is 3. The van der Waals surface area contributed by atoms with Crippen LogP contribution in [-0.4, -0.2) is 88.7 Å². The third kappa shape index (κ3) is 8.75. The van der Waals surface area contributed by atoms with Crippen molar-refractivity contribution in [1.82, 2.24) is 15.1 Å². The zero-order chi connectivity index (χ0) is 29.5. The first-order valence-electron chi connectivity index (χ1n) is 13.7. The summed E-state index contributed by atoms with van der Waals surface area (Å²) in [5.41, 5.74) is 0.782. The van der Waals surface area contributed by atoms with E-state index in [1.165, 1.54) is 11.0 Å². The second kappa shape index (κ2) is 13.6. The molecule has 2 saturated heterocycles. The van der Waals surface area contributed by atoms with Gasteiger partial charge in [0.1, 0.15) is 18.2 Å². The fourth-order valence-corrected chi connectivity index (χ4v) is 5.16. The second-order valence-electron chi connectivity index (χ2n) is 11.3. The highest BCUT2D eigenvalue weighted by Crippen LogP contribution is 2.33. The Kier molecular flexibility index (Phi) is 10.7. The van der Waals surface area contributed by atoms with Gasteiger partial charge in [-0.05, 0) is 51.7 Å². The molecule has 0 spiro atoms. The summed E-state index contributed by atoms with van der Waals surface area (Å²) in [6, 6.07) is 8.90. The number of benzene rings is 1. The molecule has 40 heavy (non-hydrogen) atoms. The van der Waals surface area contributed by atoms with Crippen LogP contribution in [0, 0.1) is 18.3 Å². The van der Waals surface area contributed by atoms with Crippen molar-refractivity contribution < 1.29 is 33.2 Å². The molecule has 218 valence electrons. The molecule has 2 amide bonds. The Bertz CT molecular complexity index is 1110. The molecule has 0 unspecified atom stereocenters. The van der Waals surface area contributed by atoms with E-state index in [-0.39, 0.29) is 31.6 Å². The lowest BCUT2D eigenvalue weighted by Gasteiger charge is -2.34. The van der Waals surface area contributed by atoms with Gasteiger partial charge in [0, 0.05) is 25.0 Å². The number of amides is 2. The fraction of sp³-hybridized carbons (Fsp3) is 0.607. The standard InChI is InChI=1S/C28H39BF2N4O5/c1-20-8-10-21(11-9-20)15-24(29(38)39)33-26(37)40-18-23-7-5-4-6-13-35(23)25(36)22(17-32)16-27(2,3)34-14-12-28(30,31)19-34/h8-11,16,23-24,38-39H,4-7,12-15,18-19H2,1-3H3,(H,33,37)/t23-,24-/m0/s1. The van der Waals surface area contributed by atoms with Crippen molar-refractivity contribution >= 4 is 19.1 Å². The fourth-order valence-electron chi connectivity index (χ4n) is 5.16. The van der Waals surface area contributed by atoms with E-state index in [9.17, 15) is 33.7 Å². The number of halogens is 2. The van der Waals surface area contributed by atoms with Crippen LogP contribution in [0.2, 0.25) is 0 Å². The van der Waals surface area contributed by atoms with Gasteiger partial charge in [0.25, 0.3) is 11.8 Å². The maximum absolute atomic E-state index is 13.8. The van der Waals surface area contributed by atoms with Crippen molar-refractivity contribution in [3.05, 3.63) is 47.0 Å². The molecule has 0 aromatic heterocycles. The molecule has 2 atom stereocenters. The second-order valence-corrected chi connectivity index (χ2v) is 11.3. The molecule has 0 aliphatic carbocycles. The number of likely N-dealkylation sites (tertiary alicyclic amines) is 2. The van der Waals surface area contributed by atoms with Crippen molar-refractivity contribution in [3.8, 4) is 6.07 Å². The highest BCUT2D eigenvalue weighted by atomic mass is 19.3. The van der Waals surface area contributed by atoms with Crippen molar-refractivity contribution in [2.45, 2.75) is 82.7 Å². The van der Waals surface area contributed by atoms with Gasteiger partial charge in [0.15, 0.2) is 0 Å². The number of hydrogen-bond donors (Lipinski definition) is 3. The number of aryl methyl sites for hydroxylation is 1. The molecule has 0 bridgehead atoms. The SMILES string of the molecule is Cc1ccc(C[C@H](NC(=O)OC[C@@H]2CCCCCN2C(=O)C(C#N)=CC(C)(C)N2CCC(F)(F)C2)B(O)O)cc1. The van der Waals surface area contributed by atoms with Crippen LogP contribution in [0.4, 0.5) is 13.6 Å². The van der Waals surface area contributed by atoms with Gasteiger partial charge < -0.3 is 25.0 Å². The van der Waals surface area contributed by atoms with Crippen molar-refractivity contribution in [3.63, 3.8) is 0 Å². The molecular formula is C28H39BF2N4O5. The first-order chi connectivity index (χ1) is 18.8. The zero-order valence-electron chi connectivity index (χ0n) is 23.4. The quantitative estimate of drug-likeness (QED) is 0.241. The summed E-state index contributed by atoms with van der Waals surface area (Å²) in [5.74, 6) is -4.34. The Morgan fingerprint density at radius 1 is 1.25 bits per heavy atom. The largest absolute Gasteiger partial charge is 0.475 e. The van der Waals surface area contributed by atoms with E-state index >= 15 is 0 Å². The molecular weight excluding hydrogens is 521 g/mol. The molecule has 3 N–H and O–H groups in total. The van der Waals surface area contributed by atoms with E-state index in [1.54, 1.807) is 18.7 Å². The molecule has 12 heteroatoms. The number of ether oxygens (including phenoxy) is 1. The molecule has 2 aliphatic heterocycles. The number of nitriles is 1. The predicted molar refractivity (Wildman–Crippen MR) is 146 cm³/mol. The van der Waals surface area contributed by atoms with Crippen LogP contribution in [0.15, 0.2) is 35.9 Å². The third-order valence-corrected chi connectivity index (χ3v) is 7.62. The number of nitrogens with one attached hydrogen (secondary N) is 1. The summed E-state index contributed by atoms with van der Waals surface area (Å²) in [4.78, 5) is 29.2. The summed E-state index contributed by atoms with van der Waals surface area (Å²) < 4.78 is 33.0. The zero-order valence-corrected chi connectivity index (χ0v) is 23.4. The van der Waals surface area contributed by atoms with Crippen LogP contribution in [-0.2, 0) is 16.0 Å². The summed E-state index contributed by atoms with van der Waals surface area (Å²) >= 11 is 0. The minimum Gasteiger partial charge on any atom is -0.447 e. The number of alkyl carbamates (subject to hydrolysis) is 1. The third-order valence-electron chi connectivity index (χ3n) is 7.62. The molecule has 0 saturated carbocycles. The normalized spacial score (nSPS) is 20.8. The Morgan fingerprint density at radius 2 is 1.95 bits per heavy atom. The summed E-state index contributed by atoms with van der Waals surface area (Å²) in [7, 11) is -1.81. The van der Waals surface area contributed by atoms with E-state index in [4.69, 9.17) is 4.74 Å². The first kappa shape index (κ1) is 31.5. The van der Waals surface area contributed by atoms with Gasteiger partial charge in [-0.25, -0.2) is 13.6 Å². The van der Waals surface area contributed by atoms with Crippen LogP contribution in [0.1, 0.15) is 57.1 Å². The predicted octanol–water partition coefficient (Wildman–Crippen LogP) is 2.99. The number of rotatable bonds is 9. The van der Waals surface area contributed by atoms with Crippen LogP contribution in [0.5, 0.6) is 0 Å². The summed E-state index contributed by atoms with van der Waals surface area (Å²) in [6.45, 7) is 5.28. The van der Waals surface area contributed by atoms with Gasteiger partial charge in [-0.1, -0.05) is 42.7 Å². The minimum atomic E-state index is -2.80. The maximum Gasteiger partial charge on any atom is 0.475 e. The maximum atomic E-state index is 13.8. The first-order valence-corrected chi connectivity index (χ1v) is 13.7. The van der Waals surface area contributed by atoms with Crippen LogP contribution in [0.3, 0.4) is 0 Å². The lowest BCUT2D eigenvalue weighted by Crippen LogP contribution is -2.49. The smallest absolute Gasteiger partial charge is 0.447 e.